The SMILES string of the molecule is C=C(C(N)=O)c1ccc2nc(OCCCC)ccc2c1. The van der Waals surface area contributed by atoms with Crippen LogP contribution in [0.3, 0.4) is 0 Å². The Balaban J connectivity index is 2.25. The van der Waals surface area contributed by atoms with Gasteiger partial charge in [-0.1, -0.05) is 26.0 Å². The number of carbonyl (C=O) groups is 1. The molecule has 0 unspecified atom stereocenters. The third-order valence-corrected chi connectivity index (χ3v) is 3.06. The highest BCUT2D eigenvalue weighted by atomic mass is 16.5. The number of pyridine rings is 1. The van der Waals surface area contributed by atoms with E-state index in [1.165, 1.54) is 0 Å². The molecule has 0 atom stereocenters. The highest BCUT2D eigenvalue weighted by Gasteiger charge is 2.07. The maximum absolute atomic E-state index is 11.1. The Hall–Kier alpha value is -2.36. The fourth-order valence-electron chi connectivity index (χ4n) is 1.84. The molecule has 1 heterocycles. The molecule has 2 rings (SSSR count). The van der Waals surface area contributed by atoms with E-state index in [2.05, 4.69) is 18.5 Å². The monoisotopic (exact) mass is 270 g/mol. The maximum Gasteiger partial charge on any atom is 0.248 e. The van der Waals surface area contributed by atoms with E-state index >= 15 is 0 Å². The van der Waals surface area contributed by atoms with Gasteiger partial charge >= 0.3 is 0 Å². The number of primary amides is 1. The molecule has 104 valence electrons. The van der Waals surface area contributed by atoms with Crippen molar-refractivity contribution < 1.29 is 9.53 Å². The zero-order valence-electron chi connectivity index (χ0n) is 11.6. The summed E-state index contributed by atoms with van der Waals surface area (Å²) in [7, 11) is 0. The van der Waals surface area contributed by atoms with Crippen LogP contribution in [-0.4, -0.2) is 17.5 Å². The zero-order chi connectivity index (χ0) is 14.5. The Kier molecular flexibility index (Phi) is 4.35. The van der Waals surface area contributed by atoms with Crippen molar-refractivity contribution >= 4 is 22.4 Å². The second-order valence-corrected chi connectivity index (χ2v) is 4.60. The van der Waals surface area contributed by atoms with Crippen LogP contribution in [-0.2, 0) is 4.79 Å². The first-order chi connectivity index (χ1) is 9.61. The smallest absolute Gasteiger partial charge is 0.248 e. The summed E-state index contributed by atoms with van der Waals surface area (Å²) in [5.41, 5.74) is 7.06. The van der Waals surface area contributed by atoms with Crippen molar-refractivity contribution in [2.45, 2.75) is 19.8 Å². The van der Waals surface area contributed by atoms with Gasteiger partial charge in [0.1, 0.15) is 0 Å². The number of aromatic nitrogens is 1. The van der Waals surface area contributed by atoms with Crippen LogP contribution in [0, 0.1) is 0 Å². The molecule has 20 heavy (non-hydrogen) atoms. The number of unbranched alkanes of at least 4 members (excludes halogenated alkanes) is 1. The second kappa shape index (κ2) is 6.19. The van der Waals surface area contributed by atoms with Gasteiger partial charge in [0, 0.05) is 17.0 Å². The number of nitrogens with two attached hydrogens (primary N) is 1. The van der Waals surface area contributed by atoms with Crippen molar-refractivity contribution in [1.29, 1.82) is 0 Å². The lowest BCUT2D eigenvalue weighted by Crippen LogP contribution is -2.11. The van der Waals surface area contributed by atoms with Crippen LogP contribution in [0.25, 0.3) is 16.5 Å². The third kappa shape index (κ3) is 3.15. The van der Waals surface area contributed by atoms with Gasteiger partial charge in [0.2, 0.25) is 11.8 Å². The molecule has 0 aliphatic carbocycles. The first kappa shape index (κ1) is 14.1. The van der Waals surface area contributed by atoms with Crippen molar-refractivity contribution in [3.05, 3.63) is 42.5 Å². The maximum atomic E-state index is 11.1. The molecule has 0 saturated carbocycles. The number of rotatable bonds is 6. The van der Waals surface area contributed by atoms with Gasteiger partial charge in [0.15, 0.2) is 0 Å². The van der Waals surface area contributed by atoms with E-state index in [0.29, 0.717) is 23.6 Å². The van der Waals surface area contributed by atoms with Crippen LogP contribution in [0.15, 0.2) is 36.9 Å². The van der Waals surface area contributed by atoms with Gasteiger partial charge in [-0.05, 0) is 30.2 Å². The molecule has 4 nitrogen and oxygen atoms in total. The van der Waals surface area contributed by atoms with E-state index in [1.54, 1.807) is 6.07 Å². The molecule has 0 aliphatic rings. The zero-order valence-corrected chi connectivity index (χ0v) is 11.6. The predicted octanol–water partition coefficient (Wildman–Crippen LogP) is 2.91. The predicted molar refractivity (Wildman–Crippen MR) is 80.4 cm³/mol. The number of carbonyl (C=O) groups excluding carboxylic acids is 1. The highest BCUT2D eigenvalue weighted by Crippen LogP contribution is 2.21. The van der Waals surface area contributed by atoms with E-state index in [1.807, 2.05) is 24.3 Å². The lowest BCUT2D eigenvalue weighted by molar-refractivity contribution is -0.112. The first-order valence-corrected chi connectivity index (χ1v) is 6.64. The van der Waals surface area contributed by atoms with Crippen molar-refractivity contribution in [2.24, 2.45) is 5.73 Å². The molecular weight excluding hydrogens is 252 g/mol. The van der Waals surface area contributed by atoms with E-state index in [9.17, 15) is 4.79 Å². The number of fused-ring (bicyclic) bond motifs is 1. The van der Waals surface area contributed by atoms with Gasteiger partial charge in [0.05, 0.1) is 12.1 Å². The summed E-state index contributed by atoms with van der Waals surface area (Å²) < 4.78 is 5.57. The van der Waals surface area contributed by atoms with Crippen LogP contribution in [0.1, 0.15) is 25.3 Å². The van der Waals surface area contributed by atoms with Crippen LogP contribution in [0.5, 0.6) is 5.88 Å². The normalized spacial score (nSPS) is 10.4. The first-order valence-electron chi connectivity index (χ1n) is 6.64. The molecule has 1 aromatic carbocycles. The summed E-state index contributed by atoms with van der Waals surface area (Å²) in [4.78, 5) is 15.5. The Bertz CT molecular complexity index is 650. The van der Waals surface area contributed by atoms with Crippen molar-refractivity contribution in [3.8, 4) is 5.88 Å². The van der Waals surface area contributed by atoms with Gasteiger partial charge in [-0.3, -0.25) is 4.79 Å². The second-order valence-electron chi connectivity index (χ2n) is 4.60. The minimum absolute atomic E-state index is 0.301. The molecule has 1 aromatic heterocycles. The lowest BCUT2D eigenvalue weighted by Gasteiger charge is -2.07. The fourth-order valence-corrected chi connectivity index (χ4v) is 1.84. The topological polar surface area (TPSA) is 65.2 Å². The minimum Gasteiger partial charge on any atom is -0.478 e. The number of amides is 1. The summed E-state index contributed by atoms with van der Waals surface area (Å²) in [6.07, 6.45) is 2.10. The molecule has 0 saturated heterocycles. The summed E-state index contributed by atoms with van der Waals surface area (Å²) in [6, 6.07) is 9.23. The van der Waals surface area contributed by atoms with E-state index in [-0.39, 0.29) is 0 Å². The molecule has 0 aliphatic heterocycles. The van der Waals surface area contributed by atoms with Crippen LogP contribution in [0.2, 0.25) is 0 Å². The summed E-state index contributed by atoms with van der Waals surface area (Å²) in [5, 5.41) is 0.924. The number of benzene rings is 1. The molecule has 0 spiro atoms. The Labute approximate surface area is 118 Å². The van der Waals surface area contributed by atoms with Gasteiger partial charge in [-0.2, -0.15) is 0 Å². The Morgan fingerprint density at radius 2 is 2.15 bits per heavy atom. The molecule has 1 amide bonds. The molecular formula is C16H18N2O2. The number of hydrogen-bond donors (Lipinski definition) is 1. The number of ether oxygens (including phenoxy) is 1. The molecule has 4 heteroatoms. The minimum atomic E-state index is -0.517. The van der Waals surface area contributed by atoms with Crippen molar-refractivity contribution in [1.82, 2.24) is 4.98 Å². The number of hydrogen-bond acceptors (Lipinski definition) is 3. The standard InChI is InChI=1S/C16H18N2O2/c1-3-4-9-20-15-8-6-13-10-12(11(2)16(17)19)5-7-14(13)18-15/h5-8,10H,2-4,9H2,1H3,(H2,17,19). The largest absolute Gasteiger partial charge is 0.478 e. The molecule has 0 radical (unpaired) electrons. The molecule has 2 aromatic rings. The van der Waals surface area contributed by atoms with Gasteiger partial charge < -0.3 is 10.5 Å². The quantitative estimate of drug-likeness (QED) is 0.648. The van der Waals surface area contributed by atoms with Gasteiger partial charge in [-0.25, -0.2) is 4.98 Å². The van der Waals surface area contributed by atoms with Crippen LogP contribution in [0.4, 0.5) is 0 Å². The number of nitrogens with zero attached hydrogens (tertiary/aromatic N) is 1. The van der Waals surface area contributed by atoms with Crippen LogP contribution >= 0.6 is 0 Å². The average molecular weight is 270 g/mol. The average Bonchev–Trinajstić information content (AvgIpc) is 2.46. The van der Waals surface area contributed by atoms with Gasteiger partial charge in [0.25, 0.3) is 0 Å². The van der Waals surface area contributed by atoms with Crippen molar-refractivity contribution in [2.75, 3.05) is 6.61 Å². The highest BCUT2D eigenvalue weighted by molar-refractivity contribution is 6.18. The Morgan fingerprint density at radius 3 is 2.85 bits per heavy atom. The third-order valence-electron chi connectivity index (χ3n) is 3.06. The Morgan fingerprint density at radius 1 is 1.35 bits per heavy atom. The van der Waals surface area contributed by atoms with E-state index in [0.717, 1.165) is 23.7 Å². The fraction of sp³-hybridized carbons (Fsp3) is 0.250. The van der Waals surface area contributed by atoms with E-state index < -0.39 is 5.91 Å². The summed E-state index contributed by atoms with van der Waals surface area (Å²) in [5.74, 6) is 0.101. The molecule has 2 N–H and O–H groups in total. The van der Waals surface area contributed by atoms with Gasteiger partial charge in [-0.15, -0.1) is 0 Å². The van der Waals surface area contributed by atoms with E-state index in [4.69, 9.17) is 10.5 Å². The summed E-state index contributed by atoms with van der Waals surface area (Å²) >= 11 is 0. The lowest BCUT2D eigenvalue weighted by atomic mass is 10.0. The van der Waals surface area contributed by atoms with Crippen LogP contribution < -0.4 is 10.5 Å². The van der Waals surface area contributed by atoms with Crippen molar-refractivity contribution in [3.63, 3.8) is 0 Å². The molecule has 0 fully saturated rings. The summed E-state index contributed by atoms with van der Waals surface area (Å²) in [6.45, 7) is 6.47. The molecule has 0 bridgehead atoms.